The minimum Gasteiger partial charge on any atom is -0.364 e. The predicted molar refractivity (Wildman–Crippen MR) is 47.4 cm³/mol. The van der Waals surface area contributed by atoms with Crippen LogP contribution in [0.1, 0.15) is 23.7 Å². The van der Waals surface area contributed by atoms with Gasteiger partial charge in [-0.2, -0.15) is 0 Å². The lowest BCUT2D eigenvalue weighted by atomic mass is 9.92. The SMILES string of the molecule is Clc1cccc2c1CC[C@H]1O[C@@H]21. The number of benzene rings is 1. The van der Waals surface area contributed by atoms with Crippen LogP contribution in [0, 0.1) is 0 Å². The van der Waals surface area contributed by atoms with Crippen molar-refractivity contribution in [3.8, 4) is 0 Å². The molecule has 3 rings (SSSR count). The summed E-state index contributed by atoms with van der Waals surface area (Å²) >= 11 is 6.07. The zero-order chi connectivity index (χ0) is 8.13. The average molecular weight is 181 g/mol. The second kappa shape index (κ2) is 2.24. The van der Waals surface area contributed by atoms with Gasteiger partial charge in [0.05, 0.1) is 6.10 Å². The summed E-state index contributed by atoms with van der Waals surface area (Å²) in [6.07, 6.45) is 3.08. The number of epoxide rings is 1. The molecular weight excluding hydrogens is 172 g/mol. The second-order valence-corrected chi connectivity index (χ2v) is 3.85. The highest BCUT2D eigenvalue weighted by Gasteiger charge is 2.44. The molecule has 0 amide bonds. The van der Waals surface area contributed by atoms with Gasteiger partial charge in [-0.25, -0.2) is 0 Å². The lowest BCUT2D eigenvalue weighted by molar-refractivity contribution is 0.373. The van der Waals surface area contributed by atoms with Crippen LogP contribution in [0.4, 0.5) is 0 Å². The van der Waals surface area contributed by atoms with Crippen LogP contribution in [0.5, 0.6) is 0 Å². The molecule has 1 heterocycles. The Bertz CT molecular complexity index is 335. The van der Waals surface area contributed by atoms with Crippen molar-refractivity contribution >= 4 is 11.6 Å². The van der Waals surface area contributed by atoms with Crippen molar-refractivity contribution in [3.63, 3.8) is 0 Å². The summed E-state index contributed by atoms with van der Waals surface area (Å²) in [5.41, 5.74) is 2.62. The van der Waals surface area contributed by atoms with Crippen LogP contribution in [-0.2, 0) is 11.2 Å². The molecular formula is C10H9ClO. The van der Waals surface area contributed by atoms with E-state index >= 15 is 0 Å². The quantitative estimate of drug-likeness (QED) is 0.560. The summed E-state index contributed by atoms with van der Waals surface area (Å²) in [4.78, 5) is 0. The summed E-state index contributed by atoms with van der Waals surface area (Å²) in [5, 5.41) is 0.904. The van der Waals surface area contributed by atoms with Crippen molar-refractivity contribution < 1.29 is 4.74 Å². The molecule has 2 heteroatoms. The van der Waals surface area contributed by atoms with Crippen LogP contribution in [0.25, 0.3) is 0 Å². The fourth-order valence-corrected chi connectivity index (χ4v) is 2.30. The van der Waals surface area contributed by atoms with Crippen molar-refractivity contribution in [2.45, 2.75) is 25.0 Å². The monoisotopic (exact) mass is 180 g/mol. The normalized spacial score (nSPS) is 30.8. The summed E-state index contributed by atoms with van der Waals surface area (Å²) in [6, 6.07) is 6.10. The van der Waals surface area contributed by atoms with Gasteiger partial charge >= 0.3 is 0 Å². The zero-order valence-electron chi connectivity index (χ0n) is 6.59. The topological polar surface area (TPSA) is 12.5 Å². The number of rotatable bonds is 0. The smallest absolute Gasteiger partial charge is 0.109 e. The third-order valence-electron chi connectivity index (χ3n) is 2.72. The number of halogens is 1. The van der Waals surface area contributed by atoms with E-state index in [1.54, 1.807) is 0 Å². The first-order valence-electron chi connectivity index (χ1n) is 4.29. The van der Waals surface area contributed by atoms with Gasteiger partial charge in [-0.05, 0) is 30.0 Å². The Labute approximate surface area is 76.3 Å². The van der Waals surface area contributed by atoms with E-state index in [4.69, 9.17) is 16.3 Å². The van der Waals surface area contributed by atoms with Gasteiger partial charge in [0.15, 0.2) is 0 Å². The first-order valence-corrected chi connectivity index (χ1v) is 4.67. The number of fused-ring (bicyclic) bond motifs is 3. The van der Waals surface area contributed by atoms with Crippen LogP contribution in [-0.4, -0.2) is 6.10 Å². The van der Waals surface area contributed by atoms with E-state index in [2.05, 4.69) is 6.07 Å². The molecule has 2 aliphatic rings. The maximum Gasteiger partial charge on any atom is 0.109 e. The molecule has 0 N–H and O–H groups in total. The van der Waals surface area contributed by atoms with Gasteiger partial charge in [-0.3, -0.25) is 0 Å². The van der Waals surface area contributed by atoms with E-state index in [1.807, 2.05) is 12.1 Å². The third-order valence-corrected chi connectivity index (χ3v) is 3.08. The Balaban J connectivity index is 2.18. The highest BCUT2D eigenvalue weighted by atomic mass is 35.5. The van der Waals surface area contributed by atoms with E-state index in [-0.39, 0.29) is 0 Å². The molecule has 1 aliphatic heterocycles. The molecule has 0 saturated carbocycles. The van der Waals surface area contributed by atoms with Gasteiger partial charge < -0.3 is 4.74 Å². The number of hydrogen-bond acceptors (Lipinski definition) is 1. The third kappa shape index (κ3) is 0.838. The predicted octanol–water partition coefficient (Wildman–Crippen LogP) is 2.73. The van der Waals surface area contributed by atoms with E-state index in [1.165, 1.54) is 11.1 Å². The lowest BCUT2D eigenvalue weighted by Crippen LogP contribution is -2.04. The van der Waals surface area contributed by atoms with Crippen molar-refractivity contribution in [1.82, 2.24) is 0 Å². The largest absolute Gasteiger partial charge is 0.364 e. The molecule has 0 aromatic heterocycles. The Morgan fingerprint density at radius 2 is 2.33 bits per heavy atom. The molecule has 1 aliphatic carbocycles. The Morgan fingerprint density at radius 3 is 3.25 bits per heavy atom. The molecule has 1 fully saturated rings. The van der Waals surface area contributed by atoms with Gasteiger partial charge in [0.1, 0.15) is 6.10 Å². The molecule has 0 bridgehead atoms. The highest BCUT2D eigenvalue weighted by molar-refractivity contribution is 6.31. The first-order chi connectivity index (χ1) is 5.86. The Kier molecular flexibility index (Phi) is 1.29. The maximum absolute atomic E-state index is 6.07. The molecule has 2 atom stereocenters. The molecule has 0 unspecified atom stereocenters. The molecule has 1 aromatic carbocycles. The molecule has 1 saturated heterocycles. The van der Waals surface area contributed by atoms with Gasteiger partial charge in [0.2, 0.25) is 0 Å². The second-order valence-electron chi connectivity index (χ2n) is 3.44. The van der Waals surface area contributed by atoms with E-state index < -0.39 is 0 Å². The van der Waals surface area contributed by atoms with Crippen molar-refractivity contribution in [2.75, 3.05) is 0 Å². The molecule has 62 valence electrons. The van der Waals surface area contributed by atoms with Crippen LogP contribution < -0.4 is 0 Å². The van der Waals surface area contributed by atoms with Crippen molar-refractivity contribution in [1.29, 1.82) is 0 Å². The fourth-order valence-electron chi connectivity index (χ4n) is 2.03. The van der Waals surface area contributed by atoms with Gasteiger partial charge in [0.25, 0.3) is 0 Å². The van der Waals surface area contributed by atoms with Gasteiger partial charge in [-0.15, -0.1) is 0 Å². The summed E-state index contributed by atoms with van der Waals surface area (Å²) in [5.74, 6) is 0. The molecule has 1 nitrogen and oxygen atoms in total. The van der Waals surface area contributed by atoms with Crippen LogP contribution in [0.3, 0.4) is 0 Å². The first kappa shape index (κ1) is 6.93. The summed E-state index contributed by atoms with van der Waals surface area (Å²) < 4.78 is 5.50. The van der Waals surface area contributed by atoms with E-state index in [9.17, 15) is 0 Å². The maximum atomic E-state index is 6.07. The van der Waals surface area contributed by atoms with E-state index in [0.717, 1.165) is 17.9 Å². The van der Waals surface area contributed by atoms with Crippen molar-refractivity contribution in [2.24, 2.45) is 0 Å². The lowest BCUT2D eigenvalue weighted by Gasteiger charge is -2.12. The standard InChI is InChI=1S/C10H9ClO/c11-8-3-1-2-7-6(8)4-5-9-10(7)12-9/h1-3,9-10H,4-5H2/t9-,10+/m1/s1. The average Bonchev–Trinajstić information content (AvgIpc) is 2.83. The summed E-state index contributed by atoms with van der Waals surface area (Å²) in [7, 11) is 0. The summed E-state index contributed by atoms with van der Waals surface area (Å²) in [6.45, 7) is 0. The van der Waals surface area contributed by atoms with Crippen LogP contribution in [0.15, 0.2) is 18.2 Å². The zero-order valence-corrected chi connectivity index (χ0v) is 7.34. The minimum atomic E-state index is 0.368. The molecule has 0 spiro atoms. The number of ether oxygens (including phenoxy) is 1. The minimum absolute atomic E-state index is 0.368. The van der Waals surface area contributed by atoms with Gasteiger partial charge in [0, 0.05) is 5.02 Å². The highest BCUT2D eigenvalue weighted by Crippen LogP contribution is 2.48. The van der Waals surface area contributed by atoms with E-state index in [0.29, 0.717) is 12.2 Å². The molecule has 0 radical (unpaired) electrons. The number of hydrogen-bond donors (Lipinski definition) is 0. The van der Waals surface area contributed by atoms with Crippen molar-refractivity contribution in [3.05, 3.63) is 34.3 Å². The fraction of sp³-hybridized carbons (Fsp3) is 0.400. The Hall–Kier alpha value is -0.530. The van der Waals surface area contributed by atoms with Crippen LogP contribution in [0.2, 0.25) is 5.02 Å². The molecule has 1 aromatic rings. The Morgan fingerprint density at radius 1 is 1.42 bits per heavy atom. The van der Waals surface area contributed by atoms with Crippen LogP contribution >= 0.6 is 11.6 Å². The molecule has 12 heavy (non-hydrogen) atoms. The van der Waals surface area contributed by atoms with Gasteiger partial charge in [-0.1, -0.05) is 23.7 Å².